The molecule has 1 amide bonds. The summed E-state index contributed by atoms with van der Waals surface area (Å²) < 4.78 is 4.53. The number of hydrogen-bond donors (Lipinski definition) is 1. The number of carbonyl (C=O) groups excluding carboxylic acids is 2. The van der Waals surface area contributed by atoms with Gasteiger partial charge in [-0.3, -0.25) is 9.59 Å². The molecule has 5 heteroatoms. The molecule has 112 valence electrons. The molecule has 0 aliphatic carbocycles. The number of rotatable bonds is 6. The van der Waals surface area contributed by atoms with Crippen LogP contribution in [0.5, 0.6) is 0 Å². The first kappa shape index (κ1) is 15.1. The van der Waals surface area contributed by atoms with Gasteiger partial charge < -0.3 is 14.6 Å². The minimum atomic E-state index is -0.353. The number of nitrogens with zero attached hydrogens (tertiary/aromatic N) is 1. The van der Waals surface area contributed by atoms with E-state index in [2.05, 4.69) is 15.8 Å². The van der Waals surface area contributed by atoms with Crippen molar-refractivity contribution in [2.45, 2.75) is 19.3 Å². The van der Waals surface area contributed by atoms with Crippen molar-refractivity contribution in [3.63, 3.8) is 0 Å². The van der Waals surface area contributed by atoms with Gasteiger partial charge in [0.1, 0.15) is 0 Å². The van der Waals surface area contributed by atoms with Crippen LogP contribution in [0.4, 0.5) is 0 Å². The van der Waals surface area contributed by atoms with Crippen molar-refractivity contribution >= 4 is 22.8 Å². The van der Waals surface area contributed by atoms with Crippen molar-refractivity contribution in [3.8, 4) is 0 Å². The quantitative estimate of drug-likeness (QED) is 0.828. The maximum atomic E-state index is 11.9. The van der Waals surface area contributed by atoms with E-state index in [0.29, 0.717) is 6.54 Å². The fraction of sp³-hybridized carbons (Fsp3) is 0.375. The van der Waals surface area contributed by atoms with Crippen LogP contribution in [0.3, 0.4) is 0 Å². The smallest absolute Gasteiger partial charge is 0.306 e. The number of ether oxygens (including phenoxy) is 1. The minimum Gasteiger partial charge on any atom is -0.469 e. The molecule has 0 aliphatic rings. The largest absolute Gasteiger partial charge is 0.469 e. The van der Waals surface area contributed by atoms with Gasteiger partial charge in [-0.05, 0) is 18.1 Å². The Morgan fingerprint density at radius 1 is 1.24 bits per heavy atom. The molecule has 0 fully saturated rings. The number of likely N-dealkylation sites (N-methyl/N-ethyl adjacent to an activating group) is 1. The molecule has 1 N–H and O–H groups in total. The molecule has 2 aromatic rings. The van der Waals surface area contributed by atoms with Gasteiger partial charge in [0.05, 0.1) is 13.5 Å². The van der Waals surface area contributed by atoms with Gasteiger partial charge in [-0.25, -0.2) is 0 Å². The monoisotopic (exact) mass is 288 g/mol. The van der Waals surface area contributed by atoms with Crippen molar-refractivity contribution in [1.29, 1.82) is 0 Å². The molecular weight excluding hydrogens is 268 g/mol. The number of aromatic nitrogens is 1. The number of hydrogen-bond acceptors (Lipinski definition) is 3. The van der Waals surface area contributed by atoms with Crippen LogP contribution in [0.15, 0.2) is 30.5 Å². The van der Waals surface area contributed by atoms with Crippen LogP contribution < -0.4 is 0 Å². The Morgan fingerprint density at radius 3 is 2.76 bits per heavy atom. The second kappa shape index (κ2) is 6.92. The van der Waals surface area contributed by atoms with E-state index in [0.717, 1.165) is 11.9 Å². The molecule has 0 unspecified atom stereocenters. The number of nitrogens with one attached hydrogen (secondary N) is 1. The fourth-order valence-corrected chi connectivity index (χ4v) is 2.25. The standard InChI is InChI=1S/C16H20N2O3/c1-18(15(19)7-8-16(20)21-2)10-9-12-11-17-14-6-4-3-5-13(12)14/h3-6,11,17H,7-10H2,1-2H3. The number of benzene rings is 1. The Hall–Kier alpha value is -2.30. The van der Waals surface area contributed by atoms with Crippen LogP contribution >= 0.6 is 0 Å². The molecule has 1 aromatic heterocycles. The summed E-state index contributed by atoms with van der Waals surface area (Å²) >= 11 is 0. The first-order valence-electron chi connectivity index (χ1n) is 6.97. The number of aromatic amines is 1. The van der Waals surface area contributed by atoms with Crippen molar-refractivity contribution in [1.82, 2.24) is 9.88 Å². The van der Waals surface area contributed by atoms with Crippen LogP contribution in [0, 0.1) is 0 Å². The van der Waals surface area contributed by atoms with Gasteiger partial charge in [0, 0.05) is 37.1 Å². The van der Waals surface area contributed by atoms with Crippen LogP contribution in [0.2, 0.25) is 0 Å². The molecule has 0 spiro atoms. The van der Waals surface area contributed by atoms with Gasteiger partial charge in [-0.1, -0.05) is 18.2 Å². The minimum absolute atomic E-state index is 0.0414. The van der Waals surface area contributed by atoms with Gasteiger partial charge >= 0.3 is 5.97 Å². The summed E-state index contributed by atoms with van der Waals surface area (Å²) in [4.78, 5) is 27.8. The Morgan fingerprint density at radius 2 is 2.00 bits per heavy atom. The average Bonchev–Trinajstić information content (AvgIpc) is 2.93. The zero-order chi connectivity index (χ0) is 15.2. The molecular formula is C16H20N2O3. The third-order valence-electron chi connectivity index (χ3n) is 3.59. The topological polar surface area (TPSA) is 62.4 Å². The molecule has 21 heavy (non-hydrogen) atoms. The third kappa shape index (κ3) is 3.84. The third-order valence-corrected chi connectivity index (χ3v) is 3.59. The summed E-state index contributed by atoms with van der Waals surface area (Å²) in [7, 11) is 3.09. The lowest BCUT2D eigenvalue weighted by molar-refractivity contribution is -0.143. The normalized spacial score (nSPS) is 10.6. The van der Waals surface area contributed by atoms with E-state index in [1.54, 1.807) is 11.9 Å². The van der Waals surface area contributed by atoms with Gasteiger partial charge in [0.15, 0.2) is 0 Å². The second-order valence-corrected chi connectivity index (χ2v) is 5.00. The zero-order valence-corrected chi connectivity index (χ0v) is 12.4. The lowest BCUT2D eigenvalue weighted by Crippen LogP contribution is -2.29. The van der Waals surface area contributed by atoms with Crippen LogP contribution in [0.1, 0.15) is 18.4 Å². The van der Waals surface area contributed by atoms with E-state index in [9.17, 15) is 9.59 Å². The first-order chi connectivity index (χ1) is 10.1. The fourth-order valence-electron chi connectivity index (χ4n) is 2.25. The number of amides is 1. The van der Waals surface area contributed by atoms with Crippen molar-refractivity contribution in [2.24, 2.45) is 0 Å². The predicted octanol–water partition coefficient (Wildman–Crippen LogP) is 2.12. The van der Waals surface area contributed by atoms with Gasteiger partial charge in [-0.15, -0.1) is 0 Å². The average molecular weight is 288 g/mol. The van der Waals surface area contributed by atoms with E-state index in [-0.39, 0.29) is 24.7 Å². The highest BCUT2D eigenvalue weighted by Gasteiger charge is 2.12. The molecule has 0 saturated heterocycles. The molecule has 1 aromatic carbocycles. The highest BCUT2D eigenvalue weighted by molar-refractivity contribution is 5.83. The highest BCUT2D eigenvalue weighted by Crippen LogP contribution is 2.18. The summed E-state index contributed by atoms with van der Waals surface area (Å²) in [5, 5.41) is 1.19. The van der Waals surface area contributed by atoms with Crippen LogP contribution in [-0.4, -0.2) is 42.5 Å². The SMILES string of the molecule is COC(=O)CCC(=O)N(C)CCc1c[nH]c2ccccc12. The van der Waals surface area contributed by atoms with E-state index >= 15 is 0 Å². The van der Waals surface area contributed by atoms with E-state index < -0.39 is 0 Å². The maximum absolute atomic E-state index is 11.9. The van der Waals surface area contributed by atoms with Gasteiger partial charge in [-0.2, -0.15) is 0 Å². The summed E-state index contributed by atoms with van der Waals surface area (Å²) in [6, 6.07) is 8.10. The Kier molecular flexibility index (Phi) is 4.98. The summed E-state index contributed by atoms with van der Waals surface area (Å²) in [6.07, 6.45) is 3.09. The molecule has 1 heterocycles. The zero-order valence-electron chi connectivity index (χ0n) is 12.4. The number of fused-ring (bicyclic) bond motifs is 1. The molecule has 0 bridgehead atoms. The highest BCUT2D eigenvalue weighted by atomic mass is 16.5. The van der Waals surface area contributed by atoms with Crippen molar-refractivity contribution < 1.29 is 14.3 Å². The van der Waals surface area contributed by atoms with Crippen molar-refractivity contribution in [2.75, 3.05) is 20.7 Å². The van der Waals surface area contributed by atoms with Crippen LogP contribution in [0.25, 0.3) is 10.9 Å². The number of carbonyl (C=O) groups is 2. The lowest BCUT2D eigenvalue weighted by Gasteiger charge is -2.16. The Labute approximate surface area is 123 Å². The number of para-hydroxylation sites is 1. The van der Waals surface area contributed by atoms with Crippen LogP contribution in [-0.2, 0) is 20.7 Å². The van der Waals surface area contributed by atoms with E-state index in [1.807, 2.05) is 24.4 Å². The van der Waals surface area contributed by atoms with E-state index in [1.165, 1.54) is 18.1 Å². The molecule has 2 rings (SSSR count). The molecule has 0 radical (unpaired) electrons. The molecule has 0 aliphatic heterocycles. The Balaban J connectivity index is 1.87. The molecule has 0 atom stereocenters. The summed E-state index contributed by atoms with van der Waals surface area (Å²) in [5.41, 5.74) is 2.30. The first-order valence-corrected chi connectivity index (χ1v) is 6.97. The number of methoxy groups -OCH3 is 1. The second-order valence-electron chi connectivity index (χ2n) is 5.00. The summed E-state index contributed by atoms with van der Waals surface area (Å²) in [5.74, 6) is -0.395. The molecule has 5 nitrogen and oxygen atoms in total. The van der Waals surface area contributed by atoms with Gasteiger partial charge in [0.25, 0.3) is 0 Å². The van der Waals surface area contributed by atoms with Crippen molar-refractivity contribution in [3.05, 3.63) is 36.0 Å². The van der Waals surface area contributed by atoms with E-state index in [4.69, 9.17) is 0 Å². The number of H-pyrrole nitrogens is 1. The predicted molar refractivity (Wildman–Crippen MR) is 80.9 cm³/mol. The number of esters is 1. The Bertz CT molecular complexity index is 633. The maximum Gasteiger partial charge on any atom is 0.306 e. The van der Waals surface area contributed by atoms with Gasteiger partial charge in [0.2, 0.25) is 5.91 Å². The molecule has 0 saturated carbocycles. The lowest BCUT2D eigenvalue weighted by atomic mass is 10.1. The summed E-state index contributed by atoms with van der Waals surface area (Å²) in [6.45, 7) is 0.627.